The summed E-state index contributed by atoms with van der Waals surface area (Å²) < 4.78 is 5.02. The molecule has 3 rings (SSSR count). The molecule has 1 heterocycles. The molecular weight excluding hydrogens is 264 g/mol. The Labute approximate surface area is 128 Å². The van der Waals surface area contributed by atoms with Crippen molar-refractivity contribution in [2.75, 3.05) is 20.2 Å². The van der Waals surface area contributed by atoms with E-state index in [2.05, 4.69) is 17.1 Å². The molecule has 1 aliphatic heterocycles. The van der Waals surface area contributed by atoms with Crippen LogP contribution in [0, 0.1) is 11.8 Å². The Morgan fingerprint density at radius 2 is 1.81 bits per heavy atom. The predicted molar refractivity (Wildman–Crippen MR) is 83.1 cm³/mol. The summed E-state index contributed by atoms with van der Waals surface area (Å²) in [6, 6.07) is 1.83. The Morgan fingerprint density at radius 3 is 2.43 bits per heavy atom. The number of hydrogen-bond donors (Lipinski definition) is 1. The van der Waals surface area contributed by atoms with Crippen LogP contribution < -0.4 is 5.32 Å². The van der Waals surface area contributed by atoms with E-state index < -0.39 is 0 Å². The van der Waals surface area contributed by atoms with Crippen LogP contribution in [0.25, 0.3) is 0 Å². The van der Waals surface area contributed by atoms with Crippen LogP contribution >= 0.6 is 0 Å². The Kier molecular flexibility index (Phi) is 4.85. The highest BCUT2D eigenvalue weighted by atomic mass is 16.5. The summed E-state index contributed by atoms with van der Waals surface area (Å²) in [5.74, 6) is 0.888. The van der Waals surface area contributed by atoms with Crippen LogP contribution in [0.3, 0.4) is 0 Å². The summed E-state index contributed by atoms with van der Waals surface area (Å²) in [7, 11) is 1.52. The topological polar surface area (TPSA) is 41.6 Å². The maximum Gasteiger partial charge on any atom is 0.310 e. The molecule has 2 atom stereocenters. The molecule has 0 aromatic carbocycles. The quantitative estimate of drug-likeness (QED) is 0.807. The normalized spacial score (nSPS) is 38.2. The zero-order valence-corrected chi connectivity index (χ0v) is 13.5. The lowest BCUT2D eigenvalue weighted by molar-refractivity contribution is -0.148. The largest absolute Gasteiger partial charge is 0.469 e. The van der Waals surface area contributed by atoms with Crippen LogP contribution in [-0.2, 0) is 9.53 Å². The van der Waals surface area contributed by atoms with Gasteiger partial charge in [-0.3, -0.25) is 9.69 Å². The van der Waals surface area contributed by atoms with Gasteiger partial charge in [-0.1, -0.05) is 19.8 Å². The highest BCUT2D eigenvalue weighted by Crippen LogP contribution is 2.34. The van der Waals surface area contributed by atoms with Crippen molar-refractivity contribution in [2.45, 2.75) is 70.0 Å². The highest BCUT2D eigenvalue weighted by molar-refractivity contribution is 5.72. The van der Waals surface area contributed by atoms with Crippen molar-refractivity contribution in [2.24, 2.45) is 11.8 Å². The minimum Gasteiger partial charge on any atom is -0.469 e. The minimum atomic E-state index is -0.0229. The number of ether oxygens (including phenoxy) is 1. The predicted octanol–water partition coefficient (Wildman–Crippen LogP) is 2.18. The molecule has 1 N–H and O–H groups in total. The third kappa shape index (κ3) is 3.59. The molecular formula is C17H30N2O2. The van der Waals surface area contributed by atoms with Gasteiger partial charge >= 0.3 is 5.97 Å². The minimum absolute atomic E-state index is 0.0229. The van der Waals surface area contributed by atoms with Gasteiger partial charge in [-0.15, -0.1) is 0 Å². The van der Waals surface area contributed by atoms with Crippen LogP contribution in [0.1, 0.15) is 51.9 Å². The van der Waals surface area contributed by atoms with Gasteiger partial charge in [0.05, 0.1) is 13.0 Å². The van der Waals surface area contributed by atoms with E-state index in [1.807, 2.05) is 0 Å². The van der Waals surface area contributed by atoms with Gasteiger partial charge < -0.3 is 10.1 Å². The molecule has 21 heavy (non-hydrogen) atoms. The van der Waals surface area contributed by atoms with Crippen LogP contribution in [0.4, 0.5) is 0 Å². The first kappa shape index (κ1) is 15.3. The maximum absolute atomic E-state index is 12.0. The molecule has 0 aromatic heterocycles. The Morgan fingerprint density at radius 1 is 1.10 bits per heavy atom. The van der Waals surface area contributed by atoms with Gasteiger partial charge in [-0.2, -0.15) is 0 Å². The van der Waals surface area contributed by atoms with Crippen molar-refractivity contribution in [3.63, 3.8) is 0 Å². The number of rotatable bonds is 4. The lowest BCUT2D eigenvalue weighted by Gasteiger charge is -2.47. The van der Waals surface area contributed by atoms with E-state index in [-0.39, 0.29) is 11.9 Å². The summed E-state index contributed by atoms with van der Waals surface area (Å²) in [4.78, 5) is 14.6. The summed E-state index contributed by atoms with van der Waals surface area (Å²) >= 11 is 0. The fourth-order valence-corrected chi connectivity index (χ4v) is 4.47. The van der Waals surface area contributed by atoms with Crippen LogP contribution in [0.15, 0.2) is 0 Å². The summed E-state index contributed by atoms with van der Waals surface area (Å²) in [6.45, 7) is 4.33. The van der Waals surface area contributed by atoms with E-state index in [1.54, 1.807) is 0 Å². The number of likely N-dealkylation sites (tertiary alicyclic amines) is 1. The van der Waals surface area contributed by atoms with Gasteiger partial charge in [-0.05, 0) is 38.0 Å². The Bertz CT molecular complexity index is 362. The second-order valence-corrected chi connectivity index (χ2v) is 7.49. The number of piperidine rings is 1. The van der Waals surface area contributed by atoms with Gasteiger partial charge in [0.15, 0.2) is 0 Å². The molecule has 0 bridgehead atoms. The number of carbonyl (C=O) groups excluding carboxylic acids is 1. The van der Waals surface area contributed by atoms with Crippen molar-refractivity contribution in [1.82, 2.24) is 10.2 Å². The molecule has 4 nitrogen and oxygen atoms in total. The summed E-state index contributed by atoms with van der Waals surface area (Å²) in [5.41, 5.74) is 0. The molecule has 4 heteroatoms. The van der Waals surface area contributed by atoms with E-state index in [9.17, 15) is 4.79 Å². The maximum atomic E-state index is 12.0. The van der Waals surface area contributed by atoms with Gasteiger partial charge in [0, 0.05) is 31.2 Å². The first-order chi connectivity index (χ1) is 10.2. The molecule has 2 unspecified atom stereocenters. The highest BCUT2D eigenvalue weighted by Gasteiger charge is 2.39. The number of esters is 1. The van der Waals surface area contributed by atoms with E-state index >= 15 is 0 Å². The Balaban J connectivity index is 1.60. The van der Waals surface area contributed by atoms with Gasteiger partial charge in [0.25, 0.3) is 0 Å². The fraction of sp³-hybridized carbons (Fsp3) is 0.941. The van der Waals surface area contributed by atoms with Crippen LogP contribution in [0.2, 0.25) is 0 Å². The van der Waals surface area contributed by atoms with Crippen molar-refractivity contribution in [3.8, 4) is 0 Å². The smallest absolute Gasteiger partial charge is 0.310 e. The molecule has 1 saturated heterocycles. The monoisotopic (exact) mass is 294 g/mol. The second kappa shape index (κ2) is 6.66. The fourth-order valence-electron chi connectivity index (χ4n) is 4.47. The molecule has 2 aliphatic carbocycles. The van der Waals surface area contributed by atoms with Gasteiger partial charge in [0.1, 0.15) is 0 Å². The van der Waals surface area contributed by atoms with E-state index in [1.165, 1.54) is 45.6 Å². The lowest BCUT2D eigenvalue weighted by atomic mass is 9.79. The molecule has 120 valence electrons. The van der Waals surface area contributed by atoms with Crippen molar-refractivity contribution < 1.29 is 9.53 Å². The third-order valence-electron chi connectivity index (χ3n) is 5.71. The number of nitrogens with zero attached hydrogens (tertiary/aromatic N) is 1. The number of methoxy groups -OCH3 is 1. The number of hydrogen-bond acceptors (Lipinski definition) is 4. The molecule has 0 radical (unpaired) electrons. The zero-order chi connectivity index (χ0) is 14.8. The van der Waals surface area contributed by atoms with E-state index in [0.29, 0.717) is 18.1 Å². The SMILES string of the molecule is COC(=O)C1CC(NC2CCCC2)CN(C2CC(C)C2)C1. The molecule has 2 saturated carbocycles. The van der Waals surface area contributed by atoms with Crippen LogP contribution in [0.5, 0.6) is 0 Å². The van der Waals surface area contributed by atoms with Crippen LogP contribution in [-0.4, -0.2) is 49.2 Å². The summed E-state index contributed by atoms with van der Waals surface area (Å²) in [6.07, 6.45) is 8.86. The average molecular weight is 294 g/mol. The Hall–Kier alpha value is -0.610. The number of carbonyl (C=O) groups is 1. The van der Waals surface area contributed by atoms with Gasteiger partial charge in [0.2, 0.25) is 0 Å². The third-order valence-corrected chi connectivity index (χ3v) is 5.71. The molecule has 3 aliphatic rings. The first-order valence-corrected chi connectivity index (χ1v) is 8.73. The van der Waals surface area contributed by atoms with Crippen molar-refractivity contribution in [3.05, 3.63) is 0 Å². The van der Waals surface area contributed by atoms with Gasteiger partial charge in [-0.25, -0.2) is 0 Å². The molecule has 0 amide bonds. The first-order valence-electron chi connectivity index (χ1n) is 8.73. The van der Waals surface area contributed by atoms with E-state index in [0.717, 1.165) is 25.4 Å². The van der Waals surface area contributed by atoms with E-state index in [4.69, 9.17) is 4.74 Å². The second-order valence-electron chi connectivity index (χ2n) is 7.49. The van der Waals surface area contributed by atoms with Crippen molar-refractivity contribution >= 4 is 5.97 Å². The average Bonchev–Trinajstić information content (AvgIpc) is 2.95. The zero-order valence-electron chi connectivity index (χ0n) is 13.5. The standard InChI is InChI=1S/C17H30N2O2/c1-12-7-16(8-12)19-10-13(17(20)21-2)9-15(11-19)18-14-5-3-4-6-14/h12-16,18H,3-11H2,1-2H3. The van der Waals surface area contributed by atoms with Crippen molar-refractivity contribution in [1.29, 1.82) is 0 Å². The molecule has 0 spiro atoms. The number of nitrogens with one attached hydrogen (secondary N) is 1. The summed E-state index contributed by atoms with van der Waals surface area (Å²) in [5, 5.41) is 3.82. The molecule has 3 fully saturated rings. The lowest BCUT2D eigenvalue weighted by Crippen LogP contribution is -2.57. The molecule has 0 aromatic rings.